The van der Waals surface area contributed by atoms with Gasteiger partial charge in [0, 0.05) is 37.9 Å². The highest BCUT2D eigenvalue weighted by Crippen LogP contribution is 2.08. The minimum absolute atomic E-state index is 0.0431. The van der Waals surface area contributed by atoms with Gasteiger partial charge < -0.3 is 15.1 Å². The van der Waals surface area contributed by atoms with Gasteiger partial charge in [0.05, 0.1) is 0 Å². The van der Waals surface area contributed by atoms with Crippen LogP contribution in [0.25, 0.3) is 0 Å². The molecular formula is C17H28N4O2. The van der Waals surface area contributed by atoms with E-state index < -0.39 is 0 Å². The molecule has 1 heterocycles. The van der Waals surface area contributed by atoms with Crippen LogP contribution in [0.2, 0.25) is 0 Å². The Labute approximate surface area is 138 Å². The van der Waals surface area contributed by atoms with Crippen LogP contribution in [0.15, 0.2) is 18.3 Å². The maximum atomic E-state index is 12.6. The van der Waals surface area contributed by atoms with Crippen LogP contribution in [0.3, 0.4) is 0 Å². The lowest BCUT2D eigenvalue weighted by atomic mass is 10.2. The standard InChI is InChI=1S/C17H28N4O2/c1-5-10-21(11-6-2)17(23)14-7-8-18-15(13-14)16(22)19-9-12-20(3)4/h7-8,13H,5-6,9-12H2,1-4H3,(H,19,22). The molecule has 0 unspecified atom stereocenters. The molecule has 6 heteroatoms. The molecule has 0 fully saturated rings. The summed E-state index contributed by atoms with van der Waals surface area (Å²) in [5.74, 6) is -0.294. The average molecular weight is 320 g/mol. The molecule has 1 aromatic rings. The van der Waals surface area contributed by atoms with Crippen LogP contribution in [0, 0.1) is 0 Å². The van der Waals surface area contributed by atoms with Crippen molar-refractivity contribution in [1.82, 2.24) is 20.1 Å². The second-order valence-corrected chi connectivity index (χ2v) is 5.78. The molecule has 2 amide bonds. The molecule has 23 heavy (non-hydrogen) atoms. The third-order valence-electron chi connectivity index (χ3n) is 3.36. The van der Waals surface area contributed by atoms with E-state index in [0.29, 0.717) is 12.1 Å². The summed E-state index contributed by atoms with van der Waals surface area (Å²) < 4.78 is 0. The van der Waals surface area contributed by atoms with Crippen molar-refractivity contribution in [2.24, 2.45) is 0 Å². The van der Waals surface area contributed by atoms with Gasteiger partial charge in [-0.3, -0.25) is 14.6 Å². The summed E-state index contributed by atoms with van der Waals surface area (Å²) in [4.78, 5) is 32.6. The summed E-state index contributed by atoms with van der Waals surface area (Å²) in [7, 11) is 3.89. The van der Waals surface area contributed by atoms with Crippen molar-refractivity contribution in [2.75, 3.05) is 40.3 Å². The molecule has 0 atom stereocenters. The Balaban J connectivity index is 2.78. The molecule has 6 nitrogen and oxygen atoms in total. The number of carbonyl (C=O) groups is 2. The van der Waals surface area contributed by atoms with Gasteiger partial charge in [-0.2, -0.15) is 0 Å². The lowest BCUT2D eigenvalue weighted by molar-refractivity contribution is 0.0755. The summed E-state index contributed by atoms with van der Waals surface area (Å²) in [5.41, 5.74) is 0.794. The minimum atomic E-state index is -0.251. The first-order chi connectivity index (χ1) is 11.0. The monoisotopic (exact) mass is 320 g/mol. The fourth-order valence-corrected chi connectivity index (χ4v) is 2.21. The topological polar surface area (TPSA) is 65.5 Å². The highest BCUT2D eigenvalue weighted by molar-refractivity contribution is 5.98. The van der Waals surface area contributed by atoms with Crippen molar-refractivity contribution in [1.29, 1.82) is 0 Å². The van der Waals surface area contributed by atoms with Gasteiger partial charge in [-0.05, 0) is 39.1 Å². The van der Waals surface area contributed by atoms with E-state index in [1.165, 1.54) is 6.20 Å². The predicted molar refractivity (Wildman–Crippen MR) is 91.6 cm³/mol. The summed E-state index contributed by atoms with van der Waals surface area (Å²) in [6.45, 7) is 6.84. The maximum absolute atomic E-state index is 12.6. The lowest BCUT2D eigenvalue weighted by Gasteiger charge is -2.21. The van der Waals surface area contributed by atoms with Crippen LogP contribution < -0.4 is 5.32 Å². The average Bonchev–Trinajstić information content (AvgIpc) is 2.53. The van der Waals surface area contributed by atoms with E-state index in [1.54, 1.807) is 12.1 Å². The van der Waals surface area contributed by atoms with Crippen molar-refractivity contribution in [3.8, 4) is 0 Å². The molecule has 0 aromatic carbocycles. The Hall–Kier alpha value is -1.95. The SMILES string of the molecule is CCCN(CCC)C(=O)c1ccnc(C(=O)NCCN(C)C)c1. The van der Waals surface area contributed by atoms with Gasteiger partial charge in [-0.1, -0.05) is 13.8 Å². The Kier molecular flexibility index (Phi) is 8.26. The third-order valence-corrected chi connectivity index (χ3v) is 3.36. The number of amides is 2. The first kappa shape index (κ1) is 19.1. The first-order valence-corrected chi connectivity index (χ1v) is 8.17. The second-order valence-electron chi connectivity index (χ2n) is 5.78. The lowest BCUT2D eigenvalue weighted by Crippen LogP contribution is -2.33. The zero-order valence-electron chi connectivity index (χ0n) is 14.6. The molecule has 1 N–H and O–H groups in total. The van der Waals surface area contributed by atoms with Crippen molar-refractivity contribution < 1.29 is 9.59 Å². The molecule has 1 rings (SSSR count). The molecule has 0 radical (unpaired) electrons. The normalized spacial score (nSPS) is 10.7. The van der Waals surface area contributed by atoms with E-state index in [4.69, 9.17) is 0 Å². The van der Waals surface area contributed by atoms with Crippen LogP contribution in [-0.2, 0) is 0 Å². The molecule has 128 valence electrons. The number of nitrogens with one attached hydrogen (secondary N) is 1. The van der Waals surface area contributed by atoms with Crippen molar-refractivity contribution in [3.05, 3.63) is 29.6 Å². The highest BCUT2D eigenvalue weighted by Gasteiger charge is 2.16. The molecular weight excluding hydrogens is 292 g/mol. The van der Waals surface area contributed by atoms with Crippen LogP contribution in [-0.4, -0.2) is 66.9 Å². The summed E-state index contributed by atoms with van der Waals surface area (Å²) in [5, 5.41) is 2.81. The van der Waals surface area contributed by atoms with E-state index in [1.807, 2.05) is 37.7 Å². The molecule has 0 bridgehead atoms. The number of rotatable bonds is 9. The Morgan fingerprint density at radius 2 is 1.78 bits per heavy atom. The number of likely N-dealkylation sites (N-methyl/N-ethyl adjacent to an activating group) is 1. The van der Waals surface area contributed by atoms with Gasteiger partial charge in [0.2, 0.25) is 0 Å². The molecule has 0 aliphatic heterocycles. The van der Waals surface area contributed by atoms with Crippen LogP contribution in [0.1, 0.15) is 47.5 Å². The van der Waals surface area contributed by atoms with Gasteiger partial charge in [-0.15, -0.1) is 0 Å². The number of pyridine rings is 1. The molecule has 0 saturated heterocycles. The Morgan fingerprint density at radius 3 is 2.35 bits per heavy atom. The van der Waals surface area contributed by atoms with Crippen LogP contribution in [0.5, 0.6) is 0 Å². The van der Waals surface area contributed by atoms with Crippen LogP contribution >= 0.6 is 0 Å². The van der Waals surface area contributed by atoms with E-state index in [9.17, 15) is 9.59 Å². The van der Waals surface area contributed by atoms with E-state index in [0.717, 1.165) is 32.5 Å². The van der Waals surface area contributed by atoms with Gasteiger partial charge >= 0.3 is 0 Å². The van der Waals surface area contributed by atoms with Gasteiger partial charge in [0.25, 0.3) is 11.8 Å². The molecule has 0 aliphatic carbocycles. The summed E-state index contributed by atoms with van der Waals surface area (Å²) in [6, 6.07) is 3.24. The van der Waals surface area contributed by atoms with E-state index in [2.05, 4.69) is 10.3 Å². The second kappa shape index (κ2) is 9.94. The molecule has 1 aromatic heterocycles. The highest BCUT2D eigenvalue weighted by atomic mass is 16.2. The third kappa shape index (κ3) is 6.36. The minimum Gasteiger partial charge on any atom is -0.349 e. The zero-order chi connectivity index (χ0) is 17.2. The van der Waals surface area contributed by atoms with Gasteiger partial charge in [0.1, 0.15) is 5.69 Å². The van der Waals surface area contributed by atoms with Crippen molar-refractivity contribution in [2.45, 2.75) is 26.7 Å². The number of hydrogen-bond acceptors (Lipinski definition) is 4. The number of aromatic nitrogens is 1. The van der Waals surface area contributed by atoms with Crippen molar-refractivity contribution >= 4 is 11.8 Å². The van der Waals surface area contributed by atoms with E-state index in [-0.39, 0.29) is 17.5 Å². The van der Waals surface area contributed by atoms with E-state index >= 15 is 0 Å². The fourth-order valence-electron chi connectivity index (χ4n) is 2.21. The number of hydrogen-bond donors (Lipinski definition) is 1. The number of nitrogens with zero attached hydrogens (tertiary/aromatic N) is 3. The van der Waals surface area contributed by atoms with Gasteiger partial charge in [0.15, 0.2) is 0 Å². The summed E-state index contributed by atoms with van der Waals surface area (Å²) >= 11 is 0. The van der Waals surface area contributed by atoms with Crippen LogP contribution in [0.4, 0.5) is 0 Å². The first-order valence-electron chi connectivity index (χ1n) is 8.17. The largest absolute Gasteiger partial charge is 0.349 e. The molecule has 0 spiro atoms. The smallest absolute Gasteiger partial charge is 0.269 e. The zero-order valence-corrected chi connectivity index (χ0v) is 14.6. The van der Waals surface area contributed by atoms with Crippen molar-refractivity contribution in [3.63, 3.8) is 0 Å². The predicted octanol–water partition coefficient (Wildman–Crippen LogP) is 1.64. The Morgan fingerprint density at radius 1 is 1.13 bits per heavy atom. The molecule has 0 saturated carbocycles. The summed E-state index contributed by atoms with van der Waals surface area (Å²) in [6.07, 6.45) is 3.34. The fraction of sp³-hybridized carbons (Fsp3) is 0.588. The molecule has 0 aliphatic rings. The Bertz CT molecular complexity index is 511. The van der Waals surface area contributed by atoms with Gasteiger partial charge in [-0.25, -0.2) is 0 Å². The quantitative estimate of drug-likeness (QED) is 0.751. The maximum Gasteiger partial charge on any atom is 0.269 e. The number of carbonyl (C=O) groups excluding carboxylic acids is 2.